The predicted octanol–water partition coefficient (Wildman–Crippen LogP) is 0.599. The van der Waals surface area contributed by atoms with Gasteiger partial charge >= 0.3 is 5.97 Å². The van der Waals surface area contributed by atoms with Crippen LogP contribution in [-0.2, 0) is 4.79 Å². The predicted molar refractivity (Wildman–Crippen MR) is 49.2 cm³/mol. The molecule has 6 heteroatoms. The summed E-state index contributed by atoms with van der Waals surface area (Å²) in [4.78, 5) is 13.0. The number of carboxylic acids is 1. The van der Waals surface area contributed by atoms with E-state index in [1.165, 1.54) is 6.92 Å². The van der Waals surface area contributed by atoms with Gasteiger partial charge in [0.05, 0.1) is 6.01 Å². The quantitative estimate of drug-likeness (QED) is 0.563. The molecule has 0 heterocycles. The number of carbonyl (C=O) groups is 1. The maximum Gasteiger partial charge on any atom is 0.320 e. The third-order valence-corrected chi connectivity index (χ3v) is 0.627. The van der Waals surface area contributed by atoms with Crippen LogP contribution in [0, 0.1) is 5.41 Å². The Bertz CT molecular complexity index is 155. The summed E-state index contributed by atoms with van der Waals surface area (Å²) in [5.41, 5.74) is 4.84. The molecule has 0 bridgehead atoms. The number of nitrogens with two attached hydrogens (primary N) is 1. The van der Waals surface area contributed by atoms with E-state index >= 15 is 0 Å². The maximum absolute atomic E-state index is 9.57. The van der Waals surface area contributed by atoms with E-state index in [2.05, 4.69) is 4.99 Å². The molecule has 5 nitrogen and oxygen atoms in total. The van der Waals surface area contributed by atoms with Crippen LogP contribution in [0.15, 0.2) is 4.99 Å². The third kappa shape index (κ3) is 23.0. The van der Waals surface area contributed by atoms with Crippen molar-refractivity contribution < 1.29 is 9.90 Å². The summed E-state index contributed by atoms with van der Waals surface area (Å²) in [6.07, 6.45) is 0. The zero-order chi connectivity index (χ0) is 9.28. The Morgan fingerprint density at radius 2 is 2.17 bits per heavy atom. The van der Waals surface area contributed by atoms with Crippen LogP contribution in [0.2, 0.25) is 0 Å². The SMILES string of the molecule is CC(N)C(=O)O.CCN=C=N.Cl. The van der Waals surface area contributed by atoms with Crippen molar-refractivity contribution in [2.45, 2.75) is 19.9 Å². The summed E-state index contributed by atoms with van der Waals surface area (Å²) >= 11 is 0. The molecule has 0 fully saturated rings. The average molecular weight is 196 g/mol. The molecule has 0 aliphatic heterocycles. The summed E-state index contributed by atoms with van der Waals surface area (Å²) < 4.78 is 0. The number of hydrogen-bond acceptors (Lipinski definition) is 4. The van der Waals surface area contributed by atoms with Gasteiger partial charge in [-0.2, -0.15) is 0 Å². The van der Waals surface area contributed by atoms with Gasteiger partial charge in [0.15, 0.2) is 0 Å². The van der Waals surface area contributed by atoms with Crippen LogP contribution in [0.1, 0.15) is 13.8 Å². The Hall–Kier alpha value is -0.900. The van der Waals surface area contributed by atoms with E-state index in [-0.39, 0.29) is 12.4 Å². The first-order valence-corrected chi connectivity index (χ1v) is 3.12. The van der Waals surface area contributed by atoms with Crippen LogP contribution in [0.4, 0.5) is 0 Å². The van der Waals surface area contributed by atoms with Gasteiger partial charge in [-0.1, -0.05) is 0 Å². The molecule has 0 aromatic rings. The molecule has 1 atom stereocenters. The van der Waals surface area contributed by atoms with Crippen LogP contribution >= 0.6 is 12.4 Å². The summed E-state index contributed by atoms with van der Waals surface area (Å²) in [6, 6.07) is 1.16. The van der Waals surface area contributed by atoms with Crippen molar-refractivity contribution >= 4 is 24.4 Å². The van der Waals surface area contributed by atoms with Crippen LogP contribution in [0.25, 0.3) is 0 Å². The van der Waals surface area contributed by atoms with Crippen molar-refractivity contribution in [1.29, 1.82) is 5.41 Å². The first-order valence-electron chi connectivity index (χ1n) is 3.12. The van der Waals surface area contributed by atoms with Crippen molar-refractivity contribution in [3.8, 4) is 0 Å². The number of hydrogen-bond donors (Lipinski definition) is 3. The smallest absolute Gasteiger partial charge is 0.320 e. The molecule has 12 heavy (non-hydrogen) atoms. The highest BCUT2D eigenvalue weighted by atomic mass is 35.5. The van der Waals surface area contributed by atoms with Gasteiger partial charge in [-0.3, -0.25) is 4.79 Å². The Morgan fingerprint density at radius 3 is 2.17 bits per heavy atom. The molecule has 4 N–H and O–H groups in total. The molecule has 0 aromatic carbocycles. The molecule has 0 aromatic heterocycles. The second kappa shape index (κ2) is 12.7. The van der Waals surface area contributed by atoms with Crippen molar-refractivity contribution in [2.75, 3.05) is 6.54 Å². The van der Waals surface area contributed by atoms with Crippen LogP contribution in [-0.4, -0.2) is 29.7 Å². The van der Waals surface area contributed by atoms with Gasteiger partial charge in [-0.15, -0.1) is 12.4 Å². The summed E-state index contributed by atoms with van der Waals surface area (Å²) in [5.74, 6) is -0.963. The largest absolute Gasteiger partial charge is 0.480 e. The highest BCUT2D eigenvalue weighted by Gasteiger charge is 1.99. The van der Waals surface area contributed by atoms with Gasteiger partial charge in [0, 0.05) is 6.54 Å². The van der Waals surface area contributed by atoms with E-state index in [0.29, 0.717) is 6.54 Å². The molecule has 0 amide bonds. The van der Waals surface area contributed by atoms with Crippen LogP contribution < -0.4 is 5.73 Å². The van der Waals surface area contributed by atoms with Gasteiger partial charge in [0.25, 0.3) is 0 Å². The van der Waals surface area contributed by atoms with Gasteiger partial charge in [0.2, 0.25) is 0 Å². The molecular weight excluding hydrogens is 182 g/mol. The summed E-state index contributed by atoms with van der Waals surface area (Å²) in [6.45, 7) is 3.95. The van der Waals surface area contributed by atoms with E-state index in [1.807, 2.05) is 12.9 Å². The molecular formula is C6H14ClN3O2. The van der Waals surface area contributed by atoms with Gasteiger partial charge in [-0.05, 0) is 13.8 Å². The van der Waals surface area contributed by atoms with E-state index < -0.39 is 12.0 Å². The average Bonchev–Trinajstić information content (AvgIpc) is 1.90. The summed E-state index contributed by atoms with van der Waals surface area (Å²) in [7, 11) is 0. The number of rotatable bonds is 2. The molecule has 0 spiro atoms. The minimum absolute atomic E-state index is 0. The topological polar surface area (TPSA) is 99.5 Å². The van der Waals surface area contributed by atoms with Crippen molar-refractivity contribution in [2.24, 2.45) is 10.7 Å². The Kier molecular flexibility index (Phi) is 18.3. The minimum Gasteiger partial charge on any atom is -0.480 e. The fourth-order valence-electron chi connectivity index (χ4n) is 0.0791. The summed E-state index contributed by atoms with van der Waals surface area (Å²) in [5, 5.41) is 14.1. The van der Waals surface area contributed by atoms with Crippen molar-refractivity contribution in [1.82, 2.24) is 0 Å². The molecule has 0 saturated carbocycles. The third-order valence-electron chi connectivity index (χ3n) is 0.627. The molecule has 0 aliphatic carbocycles. The number of aliphatic imine (C=N–C) groups is 1. The van der Waals surface area contributed by atoms with E-state index in [4.69, 9.17) is 16.2 Å². The number of aliphatic carboxylic acids is 1. The fraction of sp³-hybridized carbons (Fsp3) is 0.667. The molecule has 0 saturated heterocycles. The molecule has 0 radical (unpaired) electrons. The molecule has 72 valence electrons. The second-order valence-corrected chi connectivity index (χ2v) is 1.71. The zero-order valence-electron chi connectivity index (χ0n) is 7.07. The minimum atomic E-state index is -0.963. The zero-order valence-corrected chi connectivity index (χ0v) is 7.89. The van der Waals surface area contributed by atoms with Crippen molar-refractivity contribution in [3.63, 3.8) is 0 Å². The lowest BCUT2D eigenvalue weighted by atomic mass is 10.4. The highest BCUT2D eigenvalue weighted by molar-refractivity contribution is 5.85. The van der Waals surface area contributed by atoms with Crippen LogP contribution in [0.5, 0.6) is 0 Å². The lowest BCUT2D eigenvalue weighted by Crippen LogP contribution is -2.25. The fourth-order valence-corrected chi connectivity index (χ4v) is 0.0791. The van der Waals surface area contributed by atoms with Gasteiger partial charge in [-0.25, -0.2) is 10.4 Å². The Morgan fingerprint density at radius 1 is 1.83 bits per heavy atom. The van der Waals surface area contributed by atoms with E-state index in [1.54, 1.807) is 0 Å². The van der Waals surface area contributed by atoms with Crippen LogP contribution in [0.3, 0.4) is 0 Å². The lowest BCUT2D eigenvalue weighted by molar-refractivity contribution is -0.138. The van der Waals surface area contributed by atoms with Gasteiger partial charge in [0.1, 0.15) is 6.04 Å². The molecule has 0 aliphatic rings. The number of nitrogens with zero attached hydrogens (tertiary/aromatic N) is 1. The van der Waals surface area contributed by atoms with E-state index in [0.717, 1.165) is 0 Å². The molecule has 0 rings (SSSR count). The Labute approximate surface area is 77.6 Å². The molecule has 1 unspecified atom stereocenters. The first-order chi connectivity index (χ1) is 5.06. The standard InChI is InChI=1S/C3H6N2.C3H7NO2.ClH/c1-2-5-3-4;1-2(4)3(5)6;/h4H,2H2,1H3;2H,4H2,1H3,(H,5,6);1H. The number of carboxylic acid groups (broad SMARTS) is 1. The first kappa shape index (κ1) is 17.3. The Balaban J connectivity index is -0.000000126. The normalized spacial score (nSPS) is 9.25. The lowest BCUT2D eigenvalue weighted by Gasteiger charge is -1.90. The second-order valence-electron chi connectivity index (χ2n) is 1.71. The number of halogens is 1. The van der Waals surface area contributed by atoms with Crippen molar-refractivity contribution in [3.05, 3.63) is 0 Å². The number of nitrogens with one attached hydrogen (secondary N) is 1. The van der Waals surface area contributed by atoms with Gasteiger partial charge < -0.3 is 10.8 Å². The maximum atomic E-state index is 9.57. The monoisotopic (exact) mass is 195 g/mol. The highest BCUT2D eigenvalue weighted by Crippen LogP contribution is 1.68. The van der Waals surface area contributed by atoms with E-state index in [9.17, 15) is 4.79 Å².